The van der Waals surface area contributed by atoms with Crippen molar-refractivity contribution < 1.29 is 9.59 Å². The molecule has 0 bridgehead atoms. The second-order valence-electron chi connectivity index (χ2n) is 8.37. The Morgan fingerprint density at radius 3 is 2.29 bits per heavy atom. The lowest BCUT2D eigenvalue weighted by molar-refractivity contribution is -0.117. The lowest BCUT2D eigenvalue weighted by Gasteiger charge is -2.36. The first kappa shape index (κ1) is 21.5. The SMILES string of the molecule is Cc1ccc(NC(=O)C2CCc3ccccc3N2C(=O)c2cnc(-c3ccccc3)nc2)cc1. The predicted molar refractivity (Wildman–Crippen MR) is 133 cm³/mol. The van der Waals surface area contributed by atoms with Crippen LogP contribution in [0.25, 0.3) is 11.4 Å². The van der Waals surface area contributed by atoms with Crippen LogP contribution >= 0.6 is 0 Å². The summed E-state index contributed by atoms with van der Waals surface area (Å²) >= 11 is 0. The normalized spacial score (nSPS) is 14.9. The number of hydrogen-bond donors (Lipinski definition) is 1. The monoisotopic (exact) mass is 448 g/mol. The van der Waals surface area contributed by atoms with E-state index in [9.17, 15) is 9.59 Å². The van der Waals surface area contributed by atoms with Gasteiger partial charge in [0.25, 0.3) is 5.91 Å². The van der Waals surface area contributed by atoms with Gasteiger partial charge in [0.05, 0.1) is 5.56 Å². The van der Waals surface area contributed by atoms with Gasteiger partial charge in [-0.3, -0.25) is 14.5 Å². The van der Waals surface area contributed by atoms with Gasteiger partial charge in [-0.05, 0) is 43.5 Å². The zero-order valence-corrected chi connectivity index (χ0v) is 18.8. The van der Waals surface area contributed by atoms with Crippen molar-refractivity contribution in [2.45, 2.75) is 25.8 Å². The minimum atomic E-state index is -0.641. The Labute approximate surface area is 198 Å². The van der Waals surface area contributed by atoms with Gasteiger partial charge < -0.3 is 5.32 Å². The van der Waals surface area contributed by atoms with Crippen LogP contribution in [-0.2, 0) is 11.2 Å². The Hall–Kier alpha value is -4.32. The number of amides is 2. The third-order valence-electron chi connectivity index (χ3n) is 6.02. The van der Waals surface area contributed by atoms with Gasteiger partial charge in [-0.25, -0.2) is 9.97 Å². The molecule has 4 aromatic rings. The van der Waals surface area contributed by atoms with Gasteiger partial charge in [-0.15, -0.1) is 0 Å². The quantitative estimate of drug-likeness (QED) is 0.474. The largest absolute Gasteiger partial charge is 0.324 e. The van der Waals surface area contributed by atoms with E-state index < -0.39 is 6.04 Å². The van der Waals surface area contributed by atoms with Crippen molar-refractivity contribution in [2.24, 2.45) is 0 Å². The number of hydrogen-bond acceptors (Lipinski definition) is 4. The summed E-state index contributed by atoms with van der Waals surface area (Å²) in [6.07, 6.45) is 4.31. The third-order valence-corrected chi connectivity index (χ3v) is 6.02. The van der Waals surface area contributed by atoms with E-state index in [2.05, 4.69) is 15.3 Å². The van der Waals surface area contributed by atoms with Crippen molar-refractivity contribution in [3.8, 4) is 11.4 Å². The molecule has 1 aliphatic heterocycles. The lowest BCUT2D eigenvalue weighted by Crippen LogP contribution is -2.50. The summed E-state index contributed by atoms with van der Waals surface area (Å²) < 4.78 is 0. The van der Waals surface area contributed by atoms with Crippen LogP contribution in [0.15, 0.2) is 91.3 Å². The first-order chi connectivity index (χ1) is 16.6. The number of rotatable bonds is 4. The minimum Gasteiger partial charge on any atom is -0.324 e. The number of fused-ring (bicyclic) bond motifs is 1. The van der Waals surface area contributed by atoms with Gasteiger partial charge in [0.2, 0.25) is 5.91 Å². The molecule has 6 nitrogen and oxygen atoms in total. The Kier molecular flexibility index (Phi) is 5.87. The van der Waals surface area contributed by atoms with E-state index in [1.165, 1.54) is 12.4 Å². The molecule has 0 saturated heterocycles. The van der Waals surface area contributed by atoms with E-state index in [-0.39, 0.29) is 11.8 Å². The van der Waals surface area contributed by atoms with Crippen LogP contribution in [0, 0.1) is 6.92 Å². The second-order valence-corrected chi connectivity index (χ2v) is 8.37. The maximum absolute atomic E-state index is 13.7. The molecule has 3 aromatic carbocycles. The number of nitrogens with zero attached hydrogens (tertiary/aromatic N) is 3. The Morgan fingerprint density at radius 1 is 0.882 bits per heavy atom. The molecule has 0 aliphatic carbocycles. The van der Waals surface area contributed by atoms with Crippen LogP contribution in [0.3, 0.4) is 0 Å². The summed E-state index contributed by atoms with van der Waals surface area (Å²) in [4.78, 5) is 37.4. The Morgan fingerprint density at radius 2 is 1.56 bits per heavy atom. The number of carbonyl (C=O) groups is 2. The standard InChI is InChI=1S/C28H24N4O2/c1-19-11-14-23(15-12-19)31-27(33)25-16-13-20-7-5-6-10-24(20)32(25)28(34)22-17-29-26(30-18-22)21-8-3-2-4-9-21/h2-12,14-15,17-18,25H,13,16H2,1H3,(H,31,33). The highest BCUT2D eigenvalue weighted by atomic mass is 16.2. The van der Waals surface area contributed by atoms with Crippen molar-refractivity contribution >= 4 is 23.2 Å². The number of carbonyl (C=O) groups excluding carboxylic acids is 2. The lowest BCUT2D eigenvalue weighted by atomic mass is 9.94. The van der Waals surface area contributed by atoms with Gasteiger partial charge in [0.1, 0.15) is 6.04 Å². The molecule has 2 amide bonds. The first-order valence-electron chi connectivity index (χ1n) is 11.3. The Balaban J connectivity index is 1.45. The molecule has 0 fully saturated rings. The molecule has 1 atom stereocenters. The van der Waals surface area contributed by atoms with Gasteiger partial charge in [-0.2, -0.15) is 0 Å². The van der Waals surface area contributed by atoms with E-state index in [1.54, 1.807) is 4.90 Å². The van der Waals surface area contributed by atoms with Crippen molar-refractivity contribution in [1.29, 1.82) is 0 Å². The highest BCUT2D eigenvalue weighted by Crippen LogP contribution is 2.32. The van der Waals surface area contributed by atoms with Crippen LogP contribution in [0.2, 0.25) is 0 Å². The number of aromatic nitrogens is 2. The van der Waals surface area contributed by atoms with Crippen LogP contribution in [0.5, 0.6) is 0 Å². The Bertz CT molecular complexity index is 1320. The average molecular weight is 449 g/mol. The number of benzene rings is 3. The highest BCUT2D eigenvalue weighted by Gasteiger charge is 2.36. The molecule has 1 N–H and O–H groups in total. The average Bonchev–Trinajstić information content (AvgIpc) is 2.89. The molecule has 2 heterocycles. The van der Waals surface area contributed by atoms with Crippen molar-refractivity contribution in [1.82, 2.24) is 9.97 Å². The highest BCUT2D eigenvalue weighted by molar-refractivity contribution is 6.12. The molecule has 1 unspecified atom stereocenters. The van der Waals surface area contributed by atoms with Gasteiger partial charge in [-0.1, -0.05) is 66.2 Å². The summed E-state index contributed by atoms with van der Waals surface area (Å²) in [5.41, 5.74) is 4.81. The summed E-state index contributed by atoms with van der Waals surface area (Å²) in [6, 6.07) is 24.3. The van der Waals surface area contributed by atoms with Gasteiger partial charge in [0, 0.05) is 29.3 Å². The number of para-hydroxylation sites is 1. The molecule has 168 valence electrons. The minimum absolute atomic E-state index is 0.214. The summed E-state index contributed by atoms with van der Waals surface area (Å²) in [5.74, 6) is 0.0363. The van der Waals surface area contributed by atoms with Crippen LogP contribution in [-0.4, -0.2) is 27.8 Å². The molecule has 1 aromatic heterocycles. The summed E-state index contributed by atoms with van der Waals surface area (Å²) in [5, 5.41) is 2.97. The third kappa shape index (κ3) is 4.30. The van der Waals surface area contributed by atoms with E-state index in [1.807, 2.05) is 85.8 Å². The molecule has 5 rings (SSSR count). The topological polar surface area (TPSA) is 75.2 Å². The van der Waals surface area contributed by atoms with Gasteiger partial charge in [0.15, 0.2) is 5.82 Å². The van der Waals surface area contributed by atoms with E-state index in [0.29, 0.717) is 23.5 Å². The zero-order chi connectivity index (χ0) is 23.5. The summed E-state index contributed by atoms with van der Waals surface area (Å²) in [6.45, 7) is 2.00. The number of aryl methyl sites for hydroxylation is 2. The first-order valence-corrected chi connectivity index (χ1v) is 11.3. The summed E-state index contributed by atoms with van der Waals surface area (Å²) in [7, 11) is 0. The fraction of sp³-hybridized carbons (Fsp3) is 0.143. The van der Waals surface area contributed by atoms with E-state index in [0.717, 1.165) is 28.8 Å². The van der Waals surface area contributed by atoms with E-state index in [4.69, 9.17) is 0 Å². The van der Waals surface area contributed by atoms with Crippen LogP contribution in [0.1, 0.15) is 27.9 Å². The smallest absolute Gasteiger partial charge is 0.262 e. The van der Waals surface area contributed by atoms with Crippen molar-refractivity contribution in [3.63, 3.8) is 0 Å². The fourth-order valence-corrected chi connectivity index (χ4v) is 4.22. The molecular formula is C28H24N4O2. The van der Waals surface area contributed by atoms with Crippen molar-refractivity contribution in [3.05, 3.63) is 108 Å². The molecule has 0 spiro atoms. The molecule has 6 heteroatoms. The van der Waals surface area contributed by atoms with Gasteiger partial charge >= 0.3 is 0 Å². The predicted octanol–water partition coefficient (Wildman–Crippen LogP) is 5.05. The fourth-order valence-electron chi connectivity index (χ4n) is 4.22. The molecule has 34 heavy (non-hydrogen) atoms. The molecule has 1 aliphatic rings. The zero-order valence-electron chi connectivity index (χ0n) is 18.8. The second kappa shape index (κ2) is 9.27. The molecular weight excluding hydrogens is 424 g/mol. The number of anilines is 2. The maximum Gasteiger partial charge on any atom is 0.262 e. The van der Waals surface area contributed by atoms with Crippen molar-refractivity contribution in [2.75, 3.05) is 10.2 Å². The number of nitrogens with one attached hydrogen (secondary N) is 1. The van der Waals surface area contributed by atoms with Crippen LogP contribution in [0.4, 0.5) is 11.4 Å². The molecule has 0 radical (unpaired) electrons. The van der Waals surface area contributed by atoms with E-state index >= 15 is 0 Å². The molecule has 0 saturated carbocycles. The van der Waals surface area contributed by atoms with Crippen LogP contribution < -0.4 is 10.2 Å². The maximum atomic E-state index is 13.7.